The topological polar surface area (TPSA) is 83.7 Å². The lowest BCUT2D eigenvalue weighted by molar-refractivity contribution is 0.0898. The van der Waals surface area contributed by atoms with Gasteiger partial charge in [-0.15, -0.1) is 0 Å². The minimum absolute atomic E-state index is 0.0918. The number of rotatable bonds is 6. The van der Waals surface area contributed by atoms with Crippen LogP contribution >= 0.6 is 0 Å². The number of carboxylic acid groups (broad SMARTS) is 1. The number of amides is 1. The van der Waals surface area contributed by atoms with E-state index in [2.05, 4.69) is 47.3 Å². The van der Waals surface area contributed by atoms with E-state index in [1.54, 1.807) is 6.33 Å². The minimum atomic E-state index is -1.13. The molecule has 1 unspecified atom stereocenters. The summed E-state index contributed by atoms with van der Waals surface area (Å²) < 4.78 is 8.00. The summed E-state index contributed by atoms with van der Waals surface area (Å²) in [4.78, 5) is 24.3. The summed E-state index contributed by atoms with van der Waals surface area (Å²) in [6, 6.07) is 1.22. The van der Waals surface area contributed by atoms with Crippen molar-refractivity contribution in [3.8, 4) is 0 Å². The largest absolute Gasteiger partial charge is 0.465 e. The van der Waals surface area contributed by atoms with E-state index in [1.807, 2.05) is 4.57 Å². The maximum Gasteiger partial charge on any atom is 0.407 e. The number of hydrogen-bond donors (Lipinski definition) is 1. The maximum atomic E-state index is 11.5. The second-order valence-corrected chi connectivity index (χ2v) is 15.1. The Morgan fingerprint density at radius 3 is 2.90 bits per heavy atom. The molecule has 1 amide bonds. The van der Waals surface area contributed by atoms with Crippen LogP contribution in [0, 0.1) is 0 Å². The van der Waals surface area contributed by atoms with Gasteiger partial charge in [0.05, 0.1) is 5.39 Å². The van der Waals surface area contributed by atoms with Gasteiger partial charge in [-0.1, -0.05) is 26.2 Å². The Kier molecular flexibility index (Phi) is 5.59. The molecule has 0 aliphatic carbocycles. The standard InChI is InChI=1S/C21H31N5O3Si/c1-15-10-26(16-6-5-7-24(11-16)21(27)28)20-18-17(15)12-25(19(18)22-13-23-20)14-29-8-9-30(2,3)4/h12-13,16H,1,5-11,14H2,2-4H3,(H,27,28). The summed E-state index contributed by atoms with van der Waals surface area (Å²) >= 11 is 0. The molecule has 2 aromatic rings. The van der Waals surface area contributed by atoms with E-state index in [9.17, 15) is 9.90 Å². The van der Waals surface area contributed by atoms with Crippen molar-refractivity contribution in [3.05, 3.63) is 24.7 Å². The van der Waals surface area contributed by atoms with Gasteiger partial charge in [0.2, 0.25) is 0 Å². The molecule has 0 bridgehead atoms. The molecule has 0 aromatic carbocycles. The first-order valence-corrected chi connectivity index (χ1v) is 14.3. The number of nitrogens with zero attached hydrogens (tertiary/aromatic N) is 5. The first-order chi connectivity index (χ1) is 14.2. The predicted molar refractivity (Wildman–Crippen MR) is 121 cm³/mol. The summed E-state index contributed by atoms with van der Waals surface area (Å²) in [5.74, 6) is 0.875. The molecular formula is C21H31N5O3Si. The van der Waals surface area contributed by atoms with E-state index in [4.69, 9.17) is 4.74 Å². The number of ether oxygens (including phenoxy) is 1. The van der Waals surface area contributed by atoms with Crippen molar-refractivity contribution in [2.75, 3.05) is 31.1 Å². The van der Waals surface area contributed by atoms with E-state index in [-0.39, 0.29) is 6.04 Å². The van der Waals surface area contributed by atoms with Gasteiger partial charge in [-0.2, -0.15) is 0 Å². The Morgan fingerprint density at radius 1 is 1.37 bits per heavy atom. The van der Waals surface area contributed by atoms with E-state index in [0.29, 0.717) is 26.4 Å². The van der Waals surface area contributed by atoms with Gasteiger partial charge < -0.3 is 24.2 Å². The highest BCUT2D eigenvalue weighted by molar-refractivity contribution is 6.76. The van der Waals surface area contributed by atoms with Crippen LogP contribution in [0.1, 0.15) is 18.4 Å². The lowest BCUT2D eigenvalue weighted by Crippen LogP contribution is -2.51. The van der Waals surface area contributed by atoms with Crippen LogP contribution in [0.25, 0.3) is 16.6 Å². The lowest BCUT2D eigenvalue weighted by atomic mass is 9.98. The van der Waals surface area contributed by atoms with Crippen molar-refractivity contribution in [1.82, 2.24) is 19.4 Å². The molecular weight excluding hydrogens is 398 g/mol. The average Bonchev–Trinajstić information content (AvgIpc) is 3.08. The van der Waals surface area contributed by atoms with Crippen molar-refractivity contribution in [2.45, 2.75) is 51.3 Å². The van der Waals surface area contributed by atoms with Gasteiger partial charge in [0, 0.05) is 52.1 Å². The van der Waals surface area contributed by atoms with Crippen LogP contribution in [0.2, 0.25) is 25.7 Å². The number of aromatic nitrogens is 3. The third kappa shape index (κ3) is 4.09. The second kappa shape index (κ2) is 8.03. The minimum Gasteiger partial charge on any atom is -0.465 e. The molecule has 2 aliphatic heterocycles. The number of anilines is 1. The summed E-state index contributed by atoms with van der Waals surface area (Å²) in [7, 11) is -1.13. The molecule has 2 aliphatic rings. The summed E-state index contributed by atoms with van der Waals surface area (Å²) in [5, 5.41) is 10.4. The predicted octanol–water partition coefficient (Wildman–Crippen LogP) is 3.72. The average molecular weight is 430 g/mol. The highest BCUT2D eigenvalue weighted by Gasteiger charge is 2.34. The molecule has 0 saturated carbocycles. The fourth-order valence-electron chi connectivity index (χ4n) is 4.28. The highest BCUT2D eigenvalue weighted by Crippen LogP contribution is 2.39. The summed E-state index contributed by atoms with van der Waals surface area (Å²) in [6.07, 6.45) is 4.61. The Morgan fingerprint density at radius 2 is 2.17 bits per heavy atom. The van der Waals surface area contributed by atoms with Crippen LogP contribution in [0.15, 0.2) is 19.1 Å². The fraction of sp³-hybridized carbons (Fsp3) is 0.571. The highest BCUT2D eigenvalue weighted by atomic mass is 28.3. The van der Waals surface area contributed by atoms with E-state index in [0.717, 1.165) is 53.5 Å². The van der Waals surface area contributed by atoms with Crippen LogP contribution in [-0.4, -0.2) is 71.0 Å². The Balaban J connectivity index is 1.60. The molecule has 9 heteroatoms. The van der Waals surface area contributed by atoms with Gasteiger partial charge in [0.25, 0.3) is 0 Å². The van der Waals surface area contributed by atoms with Crippen molar-refractivity contribution in [1.29, 1.82) is 0 Å². The van der Waals surface area contributed by atoms with Gasteiger partial charge in [-0.05, 0) is 24.5 Å². The third-order valence-electron chi connectivity index (χ3n) is 5.98. The summed E-state index contributed by atoms with van der Waals surface area (Å²) in [6.45, 7) is 14.3. The van der Waals surface area contributed by atoms with Crippen LogP contribution in [0.3, 0.4) is 0 Å². The second-order valence-electron chi connectivity index (χ2n) is 9.51. The van der Waals surface area contributed by atoms with Crippen LogP contribution < -0.4 is 4.90 Å². The van der Waals surface area contributed by atoms with Gasteiger partial charge in [-0.25, -0.2) is 14.8 Å². The van der Waals surface area contributed by atoms with Crippen LogP contribution in [-0.2, 0) is 11.5 Å². The smallest absolute Gasteiger partial charge is 0.407 e. The van der Waals surface area contributed by atoms with Crippen LogP contribution in [0.4, 0.5) is 10.6 Å². The monoisotopic (exact) mass is 429 g/mol. The number of piperidine rings is 1. The third-order valence-corrected chi connectivity index (χ3v) is 7.69. The molecule has 30 heavy (non-hydrogen) atoms. The Labute approximate surface area is 178 Å². The molecule has 0 spiro atoms. The molecule has 2 aromatic heterocycles. The zero-order valence-corrected chi connectivity index (χ0v) is 19.1. The molecule has 8 nitrogen and oxygen atoms in total. The van der Waals surface area contributed by atoms with Gasteiger partial charge in [0.15, 0.2) is 0 Å². The van der Waals surface area contributed by atoms with Crippen molar-refractivity contribution >= 4 is 36.6 Å². The molecule has 162 valence electrons. The van der Waals surface area contributed by atoms with Gasteiger partial charge >= 0.3 is 6.09 Å². The fourth-order valence-corrected chi connectivity index (χ4v) is 5.04. The first-order valence-electron chi connectivity index (χ1n) is 10.6. The van der Waals surface area contributed by atoms with Crippen LogP contribution in [0.5, 0.6) is 0 Å². The molecule has 1 saturated heterocycles. The molecule has 4 heterocycles. The Hall–Kier alpha value is -2.39. The summed E-state index contributed by atoms with van der Waals surface area (Å²) in [5.41, 5.74) is 2.92. The molecule has 1 atom stereocenters. The number of likely N-dealkylation sites (tertiary alicyclic amines) is 1. The van der Waals surface area contributed by atoms with E-state index in [1.165, 1.54) is 4.90 Å². The SMILES string of the molecule is C=C1CN(C2CCCN(C(=O)O)C2)c2ncnc3c2c1cn3COCC[Si](C)(C)C. The van der Waals surface area contributed by atoms with Gasteiger partial charge in [0.1, 0.15) is 24.5 Å². The van der Waals surface area contributed by atoms with E-state index < -0.39 is 14.2 Å². The molecule has 1 N–H and O–H groups in total. The first kappa shape index (κ1) is 20.9. The quantitative estimate of drug-likeness (QED) is 0.557. The maximum absolute atomic E-state index is 11.5. The van der Waals surface area contributed by atoms with Crippen molar-refractivity contribution in [2.24, 2.45) is 0 Å². The van der Waals surface area contributed by atoms with Crippen molar-refractivity contribution < 1.29 is 14.6 Å². The normalized spacial score (nSPS) is 19.6. The zero-order valence-electron chi connectivity index (χ0n) is 18.1. The van der Waals surface area contributed by atoms with Crippen molar-refractivity contribution in [3.63, 3.8) is 0 Å². The molecule has 0 radical (unpaired) electrons. The lowest BCUT2D eigenvalue weighted by Gasteiger charge is -2.41. The number of carbonyl (C=O) groups is 1. The molecule has 4 rings (SSSR count). The van der Waals surface area contributed by atoms with E-state index >= 15 is 0 Å². The molecule has 1 fully saturated rings. The van der Waals surface area contributed by atoms with Gasteiger partial charge in [-0.3, -0.25) is 0 Å². The number of hydrogen-bond acceptors (Lipinski definition) is 5. The Bertz CT molecular complexity index is 967. The zero-order chi connectivity index (χ0) is 21.5.